The number of likely N-dealkylation sites (tertiary alicyclic amines) is 1. The molecule has 33 heavy (non-hydrogen) atoms. The van der Waals surface area contributed by atoms with Crippen LogP contribution in [-0.2, 0) is 13.0 Å². The molecule has 1 aromatic carbocycles. The monoisotopic (exact) mass is 450 g/mol. The molecule has 1 aliphatic heterocycles. The van der Waals surface area contributed by atoms with Crippen molar-refractivity contribution in [2.75, 3.05) is 37.7 Å². The molecule has 1 aliphatic carbocycles. The van der Waals surface area contributed by atoms with Gasteiger partial charge < -0.3 is 10.0 Å². The van der Waals surface area contributed by atoms with Crippen molar-refractivity contribution >= 4 is 11.6 Å². The van der Waals surface area contributed by atoms with Gasteiger partial charge in [-0.15, -0.1) is 0 Å². The van der Waals surface area contributed by atoms with E-state index in [0.717, 1.165) is 74.8 Å². The Hall–Kier alpha value is -2.31. The maximum Gasteiger partial charge on any atom is 0.185 e. The first-order valence-electron chi connectivity index (χ1n) is 12.6. The lowest BCUT2D eigenvalue weighted by Crippen LogP contribution is -2.36. The van der Waals surface area contributed by atoms with E-state index in [1.807, 2.05) is 6.07 Å². The zero-order chi connectivity index (χ0) is 23.2. The van der Waals surface area contributed by atoms with Gasteiger partial charge in [-0.1, -0.05) is 25.1 Å². The summed E-state index contributed by atoms with van der Waals surface area (Å²) in [5, 5.41) is 9.48. The van der Waals surface area contributed by atoms with Crippen LogP contribution in [0.4, 0.5) is 5.82 Å². The van der Waals surface area contributed by atoms with Crippen LogP contribution in [0.15, 0.2) is 30.6 Å². The molecule has 1 atom stereocenters. The minimum atomic E-state index is 0.0409. The number of hydrogen-bond acceptors (Lipinski definition) is 6. The Morgan fingerprint density at radius 3 is 2.76 bits per heavy atom. The summed E-state index contributed by atoms with van der Waals surface area (Å²) < 4.78 is 0. The van der Waals surface area contributed by atoms with E-state index in [4.69, 9.17) is 0 Å². The van der Waals surface area contributed by atoms with E-state index in [1.54, 1.807) is 0 Å². The number of piperidine rings is 1. The Labute approximate surface area is 198 Å². The first-order chi connectivity index (χ1) is 16.1. The van der Waals surface area contributed by atoms with E-state index in [9.17, 15) is 9.90 Å². The largest absolute Gasteiger partial charge is 0.396 e. The summed E-state index contributed by atoms with van der Waals surface area (Å²) in [6, 6.07) is 8.31. The highest BCUT2D eigenvalue weighted by atomic mass is 16.3. The van der Waals surface area contributed by atoms with Gasteiger partial charge in [0.2, 0.25) is 0 Å². The van der Waals surface area contributed by atoms with Gasteiger partial charge in [-0.3, -0.25) is 9.69 Å². The van der Waals surface area contributed by atoms with Crippen LogP contribution in [0.3, 0.4) is 0 Å². The molecule has 1 saturated carbocycles. The van der Waals surface area contributed by atoms with Gasteiger partial charge in [0, 0.05) is 45.3 Å². The van der Waals surface area contributed by atoms with E-state index in [2.05, 4.69) is 51.8 Å². The van der Waals surface area contributed by atoms with E-state index in [-0.39, 0.29) is 12.4 Å². The zero-order valence-corrected chi connectivity index (χ0v) is 20.2. The van der Waals surface area contributed by atoms with Gasteiger partial charge in [0.05, 0.1) is 0 Å². The Morgan fingerprint density at radius 2 is 2.03 bits per heavy atom. The highest BCUT2D eigenvalue weighted by Crippen LogP contribution is 2.31. The SMILES string of the molecule is CCCN(CC1CC1)c1cc(C(=O)Cc2ccc(CN3CCCC(CO)C3)cc2C)ncn1. The van der Waals surface area contributed by atoms with Crippen LogP contribution in [0, 0.1) is 18.8 Å². The number of nitrogens with zero attached hydrogens (tertiary/aromatic N) is 4. The van der Waals surface area contributed by atoms with Gasteiger partial charge in [-0.25, -0.2) is 9.97 Å². The molecule has 2 fully saturated rings. The van der Waals surface area contributed by atoms with Crippen molar-refractivity contribution in [1.82, 2.24) is 14.9 Å². The van der Waals surface area contributed by atoms with Crippen LogP contribution >= 0.6 is 0 Å². The van der Waals surface area contributed by atoms with Gasteiger partial charge in [-0.05, 0) is 74.1 Å². The lowest BCUT2D eigenvalue weighted by molar-refractivity contribution is 0.0988. The summed E-state index contributed by atoms with van der Waals surface area (Å²) in [6.07, 6.45) is 7.81. The van der Waals surface area contributed by atoms with Crippen molar-refractivity contribution in [2.45, 2.75) is 58.9 Å². The van der Waals surface area contributed by atoms with E-state index < -0.39 is 0 Å². The number of ketones is 1. The molecule has 4 rings (SSSR count). The first kappa shape index (κ1) is 23.8. The number of hydrogen-bond donors (Lipinski definition) is 1. The molecule has 0 spiro atoms. The second-order valence-corrected chi connectivity index (χ2v) is 9.94. The summed E-state index contributed by atoms with van der Waals surface area (Å²) in [6.45, 7) is 9.46. The fourth-order valence-electron chi connectivity index (χ4n) is 4.87. The average Bonchev–Trinajstić information content (AvgIpc) is 3.65. The lowest BCUT2D eigenvalue weighted by Gasteiger charge is -2.31. The summed E-state index contributed by atoms with van der Waals surface area (Å²) in [5.74, 6) is 2.08. The summed E-state index contributed by atoms with van der Waals surface area (Å²) in [4.78, 5) is 26.6. The topological polar surface area (TPSA) is 69.6 Å². The molecule has 0 radical (unpaired) electrons. The fraction of sp³-hybridized carbons (Fsp3) is 0.593. The average molecular weight is 451 g/mol. The quantitative estimate of drug-likeness (QED) is 0.521. The Balaban J connectivity index is 1.39. The van der Waals surface area contributed by atoms with Crippen LogP contribution in [-0.4, -0.2) is 58.5 Å². The molecule has 1 saturated heterocycles. The molecule has 2 aliphatic rings. The Bertz CT molecular complexity index is 943. The molecule has 2 aromatic rings. The van der Waals surface area contributed by atoms with Crippen LogP contribution in [0.5, 0.6) is 0 Å². The van der Waals surface area contributed by atoms with Crippen LogP contribution in [0.2, 0.25) is 0 Å². The maximum atomic E-state index is 13.1. The summed E-state index contributed by atoms with van der Waals surface area (Å²) in [5.41, 5.74) is 3.97. The van der Waals surface area contributed by atoms with Crippen molar-refractivity contribution in [3.8, 4) is 0 Å². The van der Waals surface area contributed by atoms with Crippen molar-refractivity contribution in [2.24, 2.45) is 11.8 Å². The number of aromatic nitrogens is 2. The third-order valence-electron chi connectivity index (χ3n) is 6.96. The van der Waals surface area contributed by atoms with Gasteiger partial charge in [0.1, 0.15) is 17.8 Å². The second-order valence-electron chi connectivity index (χ2n) is 9.94. The molecule has 1 N–H and O–H groups in total. The van der Waals surface area contributed by atoms with Crippen LogP contribution < -0.4 is 4.90 Å². The molecule has 0 amide bonds. The smallest absolute Gasteiger partial charge is 0.185 e. The third kappa shape index (κ3) is 6.61. The lowest BCUT2D eigenvalue weighted by atomic mass is 9.97. The normalized spacial score (nSPS) is 18.9. The van der Waals surface area contributed by atoms with Gasteiger partial charge in [-0.2, -0.15) is 0 Å². The molecule has 178 valence electrons. The van der Waals surface area contributed by atoms with Gasteiger partial charge in [0.25, 0.3) is 0 Å². The van der Waals surface area contributed by atoms with E-state index in [0.29, 0.717) is 18.0 Å². The number of carbonyl (C=O) groups excluding carboxylic acids is 1. The first-order valence-corrected chi connectivity index (χ1v) is 12.6. The van der Waals surface area contributed by atoms with Gasteiger partial charge in [0.15, 0.2) is 5.78 Å². The number of benzene rings is 1. The zero-order valence-electron chi connectivity index (χ0n) is 20.2. The van der Waals surface area contributed by atoms with E-state index in [1.165, 1.54) is 24.7 Å². The summed E-state index contributed by atoms with van der Waals surface area (Å²) in [7, 11) is 0. The molecule has 1 unspecified atom stereocenters. The number of aliphatic hydroxyl groups is 1. The maximum absolute atomic E-state index is 13.1. The fourth-order valence-corrected chi connectivity index (χ4v) is 4.87. The van der Waals surface area contributed by atoms with Crippen LogP contribution in [0.25, 0.3) is 0 Å². The second kappa shape index (κ2) is 11.2. The number of rotatable bonds is 11. The molecular weight excluding hydrogens is 412 g/mol. The highest BCUT2D eigenvalue weighted by Gasteiger charge is 2.25. The number of carbonyl (C=O) groups is 1. The standard InChI is InChI=1S/C27H38N4O2/c1-3-10-31(17-21-6-7-21)27-14-25(28-19-29-27)26(33)13-24-9-8-22(12-20(24)2)15-30-11-4-5-23(16-30)18-32/h8-9,12,14,19,21,23,32H,3-7,10-11,13,15-18H2,1-2H3. The summed E-state index contributed by atoms with van der Waals surface area (Å²) >= 11 is 0. The number of anilines is 1. The number of aryl methyl sites for hydroxylation is 1. The predicted molar refractivity (Wildman–Crippen MR) is 132 cm³/mol. The van der Waals surface area contributed by atoms with Crippen molar-refractivity contribution in [3.05, 3.63) is 53.0 Å². The van der Waals surface area contributed by atoms with Crippen LogP contribution in [0.1, 0.15) is 66.2 Å². The molecule has 1 aromatic heterocycles. The van der Waals surface area contributed by atoms with Gasteiger partial charge >= 0.3 is 0 Å². The van der Waals surface area contributed by atoms with Crippen molar-refractivity contribution in [3.63, 3.8) is 0 Å². The molecule has 6 heteroatoms. The Morgan fingerprint density at radius 1 is 1.18 bits per heavy atom. The minimum absolute atomic E-state index is 0.0409. The predicted octanol–water partition coefficient (Wildman–Crippen LogP) is 4.04. The molecule has 0 bridgehead atoms. The minimum Gasteiger partial charge on any atom is -0.396 e. The highest BCUT2D eigenvalue weighted by molar-refractivity contribution is 5.96. The Kier molecular flexibility index (Phi) is 8.10. The molecule has 6 nitrogen and oxygen atoms in total. The van der Waals surface area contributed by atoms with E-state index >= 15 is 0 Å². The van der Waals surface area contributed by atoms with Crippen molar-refractivity contribution < 1.29 is 9.90 Å². The third-order valence-corrected chi connectivity index (χ3v) is 6.96. The molecule has 2 heterocycles. The van der Waals surface area contributed by atoms with Crippen molar-refractivity contribution in [1.29, 1.82) is 0 Å². The molecular formula is C27H38N4O2. The number of aliphatic hydroxyl groups excluding tert-OH is 1. The number of Topliss-reactive ketones (excluding diaryl/α,β-unsaturated/α-hetero) is 1.